The van der Waals surface area contributed by atoms with E-state index in [1.165, 1.54) is 0 Å². The van der Waals surface area contributed by atoms with Crippen molar-refractivity contribution in [2.24, 2.45) is 0 Å². The van der Waals surface area contributed by atoms with Crippen molar-refractivity contribution in [2.45, 2.75) is 52.2 Å². The van der Waals surface area contributed by atoms with Gasteiger partial charge in [-0.25, -0.2) is 0 Å². The topological polar surface area (TPSA) is 38.8 Å². The minimum atomic E-state index is 0.172. The van der Waals surface area contributed by atoms with Crippen molar-refractivity contribution in [3.05, 3.63) is 29.8 Å². The molecular weight excluding hydrogens is 290 g/mol. The van der Waals surface area contributed by atoms with Gasteiger partial charge in [0, 0.05) is 25.1 Å². The quantitative estimate of drug-likeness (QED) is 0.542. The van der Waals surface area contributed by atoms with Crippen LogP contribution in [-0.2, 0) is 4.74 Å². The minimum Gasteiger partial charge on any atom is -0.494 e. The zero-order valence-corrected chi connectivity index (χ0v) is 14.6. The maximum absolute atomic E-state index is 11.6. The molecule has 4 heteroatoms. The van der Waals surface area contributed by atoms with Gasteiger partial charge < -0.3 is 9.47 Å². The summed E-state index contributed by atoms with van der Waals surface area (Å²) in [6.07, 6.45) is 3.37. The molecule has 0 aromatic heterocycles. The normalized spacial score (nSPS) is 22.0. The molecule has 23 heavy (non-hydrogen) atoms. The molecule has 0 amide bonds. The summed E-state index contributed by atoms with van der Waals surface area (Å²) in [6.45, 7) is 10.0. The van der Waals surface area contributed by atoms with Crippen LogP contribution < -0.4 is 4.74 Å². The molecule has 1 aliphatic rings. The van der Waals surface area contributed by atoms with Crippen LogP contribution in [-0.4, -0.2) is 49.1 Å². The van der Waals surface area contributed by atoms with Gasteiger partial charge in [-0.15, -0.1) is 0 Å². The van der Waals surface area contributed by atoms with Gasteiger partial charge in [-0.05, 0) is 57.5 Å². The number of benzene rings is 1. The molecule has 0 bridgehead atoms. The third kappa shape index (κ3) is 5.96. The molecule has 1 aromatic carbocycles. The Labute approximate surface area is 139 Å². The molecule has 0 aliphatic carbocycles. The summed E-state index contributed by atoms with van der Waals surface area (Å²) in [5, 5.41) is 0. The molecule has 4 nitrogen and oxygen atoms in total. The summed E-state index contributed by atoms with van der Waals surface area (Å²) in [5.41, 5.74) is 0.760. The number of morpholine rings is 1. The average molecular weight is 319 g/mol. The van der Waals surface area contributed by atoms with Crippen molar-refractivity contribution < 1.29 is 14.3 Å². The molecule has 2 rings (SSSR count). The third-order valence-corrected chi connectivity index (χ3v) is 4.13. The van der Waals surface area contributed by atoms with E-state index in [-0.39, 0.29) is 5.78 Å². The number of unbranched alkanes of at least 4 members (excludes halogenated alkanes) is 1. The van der Waals surface area contributed by atoms with Gasteiger partial charge in [0.15, 0.2) is 5.78 Å². The van der Waals surface area contributed by atoms with Gasteiger partial charge >= 0.3 is 0 Å². The monoisotopic (exact) mass is 319 g/mol. The predicted octanol–water partition coefficient (Wildman–Crippen LogP) is 3.55. The van der Waals surface area contributed by atoms with E-state index < -0.39 is 0 Å². The highest BCUT2D eigenvalue weighted by atomic mass is 16.5. The Balaban J connectivity index is 1.63. The molecule has 0 unspecified atom stereocenters. The number of carbonyl (C=O) groups excluding carboxylic acids is 1. The number of carbonyl (C=O) groups is 1. The number of rotatable bonds is 8. The van der Waals surface area contributed by atoms with E-state index in [1.54, 1.807) is 0 Å². The van der Waals surface area contributed by atoms with E-state index in [2.05, 4.69) is 18.7 Å². The second-order valence-corrected chi connectivity index (χ2v) is 6.37. The van der Waals surface area contributed by atoms with Crippen LogP contribution >= 0.6 is 0 Å². The summed E-state index contributed by atoms with van der Waals surface area (Å²) in [4.78, 5) is 14.0. The molecule has 1 heterocycles. The lowest BCUT2D eigenvalue weighted by Gasteiger charge is -2.35. The predicted molar refractivity (Wildman–Crippen MR) is 92.2 cm³/mol. The van der Waals surface area contributed by atoms with Gasteiger partial charge in [-0.1, -0.05) is 6.92 Å². The molecule has 1 aromatic rings. The molecule has 0 N–H and O–H groups in total. The van der Waals surface area contributed by atoms with Crippen LogP contribution in [0.4, 0.5) is 0 Å². The van der Waals surface area contributed by atoms with Crippen LogP contribution in [0.2, 0.25) is 0 Å². The standard InChI is InChI=1S/C19H29NO3/c1-4-19(21)17-7-9-18(10-8-17)22-12-6-5-11-20-13-15(2)23-16(3)14-20/h7-10,15-16H,4-6,11-14H2,1-3H3/t15-,16-/m1/s1. The Kier molecular flexibility index (Phi) is 7.06. The fourth-order valence-electron chi connectivity index (χ4n) is 3.04. The van der Waals surface area contributed by atoms with Crippen molar-refractivity contribution >= 4 is 5.78 Å². The first-order valence-corrected chi connectivity index (χ1v) is 8.72. The Morgan fingerprint density at radius 1 is 1.17 bits per heavy atom. The van der Waals surface area contributed by atoms with Crippen molar-refractivity contribution in [1.82, 2.24) is 4.90 Å². The first kappa shape index (κ1) is 18.0. The smallest absolute Gasteiger partial charge is 0.162 e. The fourth-order valence-corrected chi connectivity index (χ4v) is 3.04. The number of hydrogen-bond donors (Lipinski definition) is 0. The highest BCUT2D eigenvalue weighted by Gasteiger charge is 2.21. The summed E-state index contributed by atoms with van der Waals surface area (Å²) < 4.78 is 11.5. The molecule has 1 fully saturated rings. The largest absolute Gasteiger partial charge is 0.494 e. The summed E-state index contributed by atoms with van der Waals surface area (Å²) in [5.74, 6) is 1.01. The van der Waals surface area contributed by atoms with Gasteiger partial charge in [0.05, 0.1) is 18.8 Å². The minimum absolute atomic E-state index is 0.172. The molecule has 0 saturated carbocycles. The second-order valence-electron chi connectivity index (χ2n) is 6.37. The zero-order valence-electron chi connectivity index (χ0n) is 14.6. The van der Waals surface area contributed by atoms with E-state index in [1.807, 2.05) is 31.2 Å². The SMILES string of the molecule is CCC(=O)c1ccc(OCCCCN2C[C@@H](C)O[C@H](C)C2)cc1. The van der Waals surface area contributed by atoms with E-state index in [4.69, 9.17) is 9.47 Å². The third-order valence-electron chi connectivity index (χ3n) is 4.13. The molecule has 128 valence electrons. The number of Topliss-reactive ketones (excluding diaryl/α,β-unsaturated/α-hetero) is 1. The van der Waals surface area contributed by atoms with Crippen molar-refractivity contribution in [2.75, 3.05) is 26.2 Å². The average Bonchev–Trinajstić information content (AvgIpc) is 2.53. The number of hydrogen-bond acceptors (Lipinski definition) is 4. The highest BCUT2D eigenvalue weighted by molar-refractivity contribution is 5.95. The van der Waals surface area contributed by atoms with Crippen LogP contribution in [0.1, 0.15) is 50.4 Å². The maximum Gasteiger partial charge on any atom is 0.162 e. The van der Waals surface area contributed by atoms with Crippen LogP contribution in [0.15, 0.2) is 24.3 Å². The van der Waals surface area contributed by atoms with Gasteiger partial charge in [-0.3, -0.25) is 9.69 Å². The molecule has 1 saturated heterocycles. The van der Waals surface area contributed by atoms with E-state index in [0.29, 0.717) is 18.6 Å². The van der Waals surface area contributed by atoms with Crippen LogP contribution in [0.3, 0.4) is 0 Å². The molecule has 0 radical (unpaired) electrons. The summed E-state index contributed by atoms with van der Waals surface area (Å²) in [6, 6.07) is 7.46. The van der Waals surface area contributed by atoms with Gasteiger partial charge in [-0.2, -0.15) is 0 Å². The lowest BCUT2D eigenvalue weighted by atomic mass is 10.1. The zero-order chi connectivity index (χ0) is 16.7. The Morgan fingerprint density at radius 2 is 1.83 bits per heavy atom. The van der Waals surface area contributed by atoms with Crippen molar-refractivity contribution in [3.63, 3.8) is 0 Å². The van der Waals surface area contributed by atoms with Crippen molar-refractivity contribution in [3.8, 4) is 5.75 Å². The second kappa shape index (κ2) is 9.04. The van der Waals surface area contributed by atoms with Gasteiger partial charge in [0.25, 0.3) is 0 Å². The number of ketones is 1. The lowest BCUT2D eigenvalue weighted by Crippen LogP contribution is -2.45. The maximum atomic E-state index is 11.6. The van der Waals surface area contributed by atoms with Crippen LogP contribution in [0.5, 0.6) is 5.75 Å². The molecule has 0 spiro atoms. The first-order valence-electron chi connectivity index (χ1n) is 8.72. The number of nitrogens with zero attached hydrogens (tertiary/aromatic N) is 1. The Hall–Kier alpha value is -1.39. The first-order chi connectivity index (χ1) is 11.1. The summed E-state index contributed by atoms with van der Waals surface area (Å²) >= 11 is 0. The van der Waals surface area contributed by atoms with E-state index in [9.17, 15) is 4.79 Å². The molecular formula is C19H29NO3. The Bertz CT molecular complexity index is 476. The highest BCUT2D eigenvalue weighted by Crippen LogP contribution is 2.15. The lowest BCUT2D eigenvalue weighted by molar-refractivity contribution is -0.0682. The van der Waals surface area contributed by atoms with E-state index >= 15 is 0 Å². The van der Waals surface area contributed by atoms with Gasteiger partial charge in [0.2, 0.25) is 0 Å². The number of ether oxygens (including phenoxy) is 2. The van der Waals surface area contributed by atoms with Crippen molar-refractivity contribution in [1.29, 1.82) is 0 Å². The summed E-state index contributed by atoms with van der Waals surface area (Å²) in [7, 11) is 0. The van der Waals surface area contributed by atoms with Gasteiger partial charge in [0.1, 0.15) is 5.75 Å². The molecule has 1 aliphatic heterocycles. The fraction of sp³-hybridized carbons (Fsp3) is 0.632. The Morgan fingerprint density at radius 3 is 2.43 bits per heavy atom. The van der Waals surface area contributed by atoms with Crippen LogP contribution in [0.25, 0.3) is 0 Å². The van der Waals surface area contributed by atoms with Crippen LogP contribution in [0, 0.1) is 0 Å². The molecule has 2 atom stereocenters. The van der Waals surface area contributed by atoms with E-state index in [0.717, 1.165) is 50.4 Å².